The van der Waals surface area contributed by atoms with Gasteiger partial charge >= 0.3 is 0 Å². The molecule has 6 rings (SSSR count). The van der Waals surface area contributed by atoms with Crippen molar-refractivity contribution in [3.8, 4) is 10.6 Å². The van der Waals surface area contributed by atoms with Gasteiger partial charge < -0.3 is 14.6 Å². The molecule has 0 spiro atoms. The number of amides is 1. The third-order valence-corrected chi connectivity index (χ3v) is 6.77. The van der Waals surface area contributed by atoms with Crippen molar-refractivity contribution in [2.75, 3.05) is 0 Å². The summed E-state index contributed by atoms with van der Waals surface area (Å²) >= 11 is 1.60. The summed E-state index contributed by atoms with van der Waals surface area (Å²) in [5.41, 5.74) is 2.71. The third-order valence-electron chi connectivity index (χ3n) is 5.88. The SMILES string of the molecule is O=C(N[C@@H]1C[C@H]2CC[C@@H]1O2)c1cc(-c2cccs2)nc2onc(C3CC3)c12. The van der Waals surface area contributed by atoms with E-state index in [1.54, 1.807) is 11.3 Å². The molecule has 0 radical (unpaired) electrons. The lowest BCUT2D eigenvalue weighted by molar-refractivity contribution is 0.0842. The Balaban J connectivity index is 1.43. The van der Waals surface area contributed by atoms with Crippen molar-refractivity contribution < 1.29 is 14.1 Å². The van der Waals surface area contributed by atoms with Gasteiger partial charge in [-0.2, -0.15) is 0 Å². The number of hydrogen-bond acceptors (Lipinski definition) is 6. The molecule has 0 unspecified atom stereocenters. The molecule has 6 nitrogen and oxygen atoms in total. The van der Waals surface area contributed by atoms with Crippen molar-refractivity contribution in [2.24, 2.45) is 0 Å². The molecular formula is C20H19N3O3S. The van der Waals surface area contributed by atoms with Crippen molar-refractivity contribution in [1.82, 2.24) is 15.5 Å². The number of nitrogens with zero attached hydrogens (tertiary/aromatic N) is 2. The summed E-state index contributed by atoms with van der Waals surface area (Å²) in [7, 11) is 0. The molecule has 2 aliphatic heterocycles. The van der Waals surface area contributed by atoms with Gasteiger partial charge in [-0.3, -0.25) is 4.79 Å². The average molecular weight is 381 g/mol. The first-order chi connectivity index (χ1) is 13.3. The molecule has 3 atom stereocenters. The largest absolute Gasteiger partial charge is 0.373 e. The lowest BCUT2D eigenvalue weighted by Gasteiger charge is -2.20. The van der Waals surface area contributed by atoms with E-state index in [9.17, 15) is 4.79 Å². The van der Waals surface area contributed by atoms with Crippen LogP contribution in [0.2, 0.25) is 0 Å². The van der Waals surface area contributed by atoms with E-state index in [0.717, 1.165) is 53.8 Å². The quantitative estimate of drug-likeness (QED) is 0.742. The first kappa shape index (κ1) is 15.8. The fourth-order valence-electron chi connectivity index (χ4n) is 4.37. The minimum atomic E-state index is -0.0774. The second-order valence-corrected chi connectivity index (χ2v) is 8.69. The molecule has 2 saturated heterocycles. The number of pyridine rings is 1. The number of hydrogen-bond donors (Lipinski definition) is 1. The zero-order chi connectivity index (χ0) is 18.0. The monoisotopic (exact) mass is 381 g/mol. The topological polar surface area (TPSA) is 77.2 Å². The van der Waals surface area contributed by atoms with Crippen LogP contribution in [0.1, 0.15) is 54.1 Å². The summed E-state index contributed by atoms with van der Waals surface area (Å²) in [5, 5.41) is 10.2. The summed E-state index contributed by atoms with van der Waals surface area (Å²) < 4.78 is 11.4. The number of carbonyl (C=O) groups is 1. The summed E-state index contributed by atoms with van der Waals surface area (Å²) in [4.78, 5) is 18.9. The van der Waals surface area contributed by atoms with E-state index in [4.69, 9.17) is 9.26 Å². The van der Waals surface area contributed by atoms with Gasteiger partial charge in [-0.1, -0.05) is 11.2 Å². The van der Waals surface area contributed by atoms with Gasteiger partial charge in [0, 0.05) is 5.92 Å². The number of carbonyl (C=O) groups excluding carboxylic acids is 1. The number of nitrogens with one attached hydrogen (secondary N) is 1. The van der Waals surface area contributed by atoms with Crippen LogP contribution in [0.25, 0.3) is 21.7 Å². The first-order valence-electron chi connectivity index (χ1n) is 9.57. The Morgan fingerprint density at radius 2 is 2.19 bits per heavy atom. The average Bonchev–Trinajstić information content (AvgIpc) is 3.13. The Morgan fingerprint density at radius 1 is 1.26 bits per heavy atom. The lowest BCUT2D eigenvalue weighted by atomic mass is 9.95. The van der Waals surface area contributed by atoms with Crippen LogP contribution in [0.4, 0.5) is 0 Å². The summed E-state index contributed by atoms with van der Waals surface area (Å²) in [6.07, 6.45) is 5.68. The molecule has 3 aliphatic rings. The molecule has 138 valence electrons. The molecule has 1 aliphatic carbocycles. The van der Waals surface area contributed by atoms with Gasteiger partial charge in [-0.15, -0.1) is 11.3 Å². The van der Waals surface area contributed by atoms with Crippen molar-refractivity contribution in [3.05, 3.63) is 34.8 Å². The predicted molar refractivity (Wildman–Crippen MR) is 101 cm³/mol. The predicted octanol–water partition coefficient (Wildman–Crippen LogP) is 3.88. The minimum absolute atomic E-state index is 0.0774. The van der Waals surface area contributed by atoms with Gasteiger partial charge in [0.15, 0.2) is 0 Å². The van der Waals surface area contributed by atoms with Crippen LogP contribution in [0.15, 0.2) is 28.1 Å². The molecule has 5 heterocycles. The summed E-state index contributed by atoms with van der Waals surface area (Å²) in [6, 6.07) is 5.96. The Morgan fingerprint density at radius 3 is 2.89 bits per heavy atom. The molecule has 1 N–H and O–H groups in total. The fourth-order valence-corrected chi connectivity index (χ4v) is 5.06. The highest BCUT2D eigenvalue weighted by molar-refractivity contribution is 7.13. The lowest BCUT2D eigenvalue weighted by Crippen LogP contribution is -2.41. The van der Waals surface area contributed by atoms with Gasteiger partial charge in [0.25, 0.3) is 11.6 Å². The van der Waals surface area contributed by atoms with Crippen LogP contribution < -0.4 is 5.32 Å². The molecule has 27 heavy (non-hydrogen) atoms. The normalized spacial score (nSPS) is 26.7. The maximum Gasteiger partial charge on any atom is 0.259 e. The maximum absolute atomic E-state index is 13.2. The van der Waals surface area contributed by atoms with Crippen LogP contribution in [0, 0.1) is 0 Å². The Labute approximate surface area is 159 Å². The Hall–Kier alpha value is -2.25. The highest BCUT2D eigenvalue weighted by Gasteiger charge is 2.42. The fraction of sp³-hybridized carbons (Fsp3) is 0.450. The molecule has 0 aromatic carbocycles. The highest BCUT2D eigenvalue weighted by atomic mass is 32.1. The van der Waals surface area contributed by atoms with E-state index in [0.29, 0.717) is 23.3 Å². The van der Waals surface area contributed by atoms with Crippen molar-refractivity contribution >= 4 is 28.3 Å². The number of rotatable bonds is 4. The van der Waals surface area contributed by atoms with Crippen molar-refractivity contribution in [2.45, 2.75) is 56.3 Å². The van der Waals surface area contributed by atoms with E-state index < -0.39 is 0 Å². The van der Waals surface area contributed by atoms with Crippen LogP contribution >= 0.6 is 11.3 Å². The molecule has 3 aromatic heterocycles. The summed E-state index contributed by atoms with van der Waals surface area (Å²) in [5.74, 6) is 0.310. The molecule has 1 amide bonds. The second kappa shape index (κ2) is 5.87. The Kier molecular flexibility index (Phi) is 3.43. The van der Waals surface area contributed by atoms with Crippen molar-refractivity contribution in [1.29, 1.82) is 0 Å². The van der Waals surface area contributed by atoms with E-state index in [2.05, 4.69) is 15.5 Å². The molecule has 3 aromatic rings. The van der Waals surface area contributed by atoms with Crippen LogP contribution in [0.5, 0.6) is 0 Å². The van der Waals surface area contributed by atoms with E-state index in [1.807, 2.05) is 23.6 Å². The second-order valence-electron chi connectivity index (χ2n) is 7.74. The van der Waals surface area contributed by atoms with Crippen LogP contribution in [-0.4, -0.2) is 34.3 Å². The van der Waals surface area contributed by atoms with Gasteiger partial charge in [-0.25, -0.2) is 4.98 Å². The van der Waals surface area contributed by atoms with Crippen LogP contribution in [-0.2, 0) is 4.74 Å². The van der Waals surface area contributed by atoms with Gasteiger partial charge in [0.05, 0.1) is 45.5 Å². The Bertz CT molecular complexity index is 1020. The molecule has 3 fully saturated rings. The smallest absolute Gasteiger partial charge is 0.259 e. The molecule has 2 bridgehead atoms. The number of thiophene rings is 1. The summed E-state index contributed by atoms with van der Waals surface area (Å²) in [6.45, 7) is 0. The number of ether oxygens (including phenoxy) is 1. The standard InChI is InChI=1S/C20H19N3O3S/c24-19(21-13-8-11-5-6-15(13)25-11)12-9-14(16-2-1-7-27-16)22-20-17(12)18(23-26-20)10-3-4-10/h1-2,7,9-11,13,15H,3-6,8H2,(H,21,24)/t11-,13-,15+/m1/s1. The molecular weight excluding hydrogens is 362 g/mol. The zero-order valence-corrected chi connectivity index (χ0v) is 15.5. The third kappa shape index (κ3) is 2.60. The molecule has 1 saturated carbocycles. The zero-order valence-electron chi connectivity index (χ0n) is 14.7. The van der Waals surface area contributed by atoms with Gasteiger partial charge in [0.2, 0.25) is 0 Å². The van der Waals surface area contributed by atoms with E-state index in [1.165, 1.54) is 0 Å². The molecule has 7 heteroatoms. The minimum Gasteiger partial charge on any atom is -0.373 e. The van der Waals surface area contributed by atoms with E-state index in [-0.39, 0.29) is 18.1 Å². The van der Waals surface area contributed by atoms with Crippen LogP contribution in [0.3, 0.4) is 0 Å². The number of fused-ring (bicyclic) bond motifs is 3. The first-order valence-corrected chi connectivity index (χ1v) is 10.4. The van der Waals surface area contributed by atoms with Gasteiger partial charge in [-0.05, 0) is 49.6 Å². The highest BCUT2D eigenvalue weighted by Crippen LogP contribution is 2.44. The van der Waals surface area contributed by atoms with Gasteiger partial charge in [0.1, 0.15) is 0 Å². The maximum atomic E-state index is 13.2. The van der Waals surface area contributed by atoms with Crippen molar-refractivity contribution in [3.63, 3.8) is 0 Å². The van der Waals surface area contributed by atoms with E-state index >= 15 is 0 Å². The number of aromatic nitrogens is 2.